The molecule has 1 heterocycles. The quantitative estimate of drug-likeness (QED) is 0.681. The number of rotatable bonds is 4. The van der Waals surface area contributed by atoms with Crippen LogP contribution in [0.5, 0.6) is 0 Å². The molecule has 0 amide bonds. The van der Waals surface area contributed by atoms with Gasteiger partial charge in [-0.3, -0.25) is 0 Å². The van der Waals surface area contributed by atoms with Crippen LogP contribution in [0.25, 0.3) is 0 Å². The molecule has 0 aromatic carbocycles. The zero-order valence-electron chi connectivity index (χ0n) is 9.68. The predicted octanol–water partition coefficient (Wildman–Crippen LogP) is 1.73. The topological polar surface area (TPSA) is 28.2 Å². The molecule has 1 aliphatic rings. The Morgan fingerprint density at radius 3 is 2.57 bits per heavy atom. The summed E-state index contributed by atoms with van der Waals surface area (Å²) in [6, 6.07) is 0.991. The van der Waals surface area contributed by atoms with Crippen LogP contribution in [0.4, 0.5) is 0 Å². The average Bonchev–Trinajstić information content (AvgIpc) is 2.29. The van der Waals surface area contributed by atoms with Crippen LogP contribution >= 0.6 is 0 Å². The Hall–Kier alpha value is -0.550. The minimum absolute atomic E-state index is 0.991. The maximum atomic E-state index is 6.25. The third kappa shape index (κ3) is 4.62. The number of nitrogens with one attached hydrogen (secondary N) is 1. The molecule has 0 aromatic heterocycles. The van der Waals surface area contributed by atoms with Crippen molar-refractivity contribution in [2.24, 2.45) is 0 Å². The summed E-state index contributed by atoms with van der Waals surface area (Å²) < 4.78 is 0. The lowest BCUT2D eigenvalue weighted by atomic mass is 10.00. The first kappa shape index (κ1) is 13.4. The standard InChI is InChI=1S/C11H23N.CN/c1-3-5-9-12-10-7-6-8-11(12)4-2;1-2/h11H,3-10H2,1-2H3;/q;-1/p+1. The molecule has 0 aromatic rings. The van der Waals surface area contributed by atoms with Crippen LogP contribution in [0.3, 0.4) is 0 Å². The summed E-state index contributed by atoms with van der Waals surface area (Å²) in [5, 5.41) is 6.25. The van der Waals surface area contributed by atoms with E-state index in [0.717, 1.165) is 6.04 Å². The third-order valence-electron chi connectivity index (χ3n) is 3.22. The van der Waals surface area contributed by atoms with Gasteiger partial charge in [0.2, 0.25) is 0 Å². The van der Waals surface area contributed by atoms with Gasteiger partial charge in [0.25, 0.3) is 0 Å². The molecule has 0 saturated carbocycles. The van der Waals surface area contributed by atoms with Gasteiger partial charge in [0.15, 0.2) is 0 Å². The first-order valence-corrected chi connectivity index (χ1v) is 5.95. The fourth-order valence-electron chi connectivity index (χ4n) is 2.38. The summed E-state index contributed by atoms with van der Waals surface area (Å²) >= 11 is 0. The van der Waals surface area contributed by atoms with Crippen molar-refractivity contribution in [1.82, 2.24) is 0 Å². The van der Waals surface area contributed by atoms with Gasteiger partial charge in [-0.2, -0.15) is 0 Å². The van der Waals surface area contributed by atoms with E-state index in [2.05, 4.69) is 13.8 Å². The number of quaternary nitrogens is 1. The summed E-state index contributed by atoms with van der Waals surface area (Å²) in [7, 11) is 0. The predicted molar refractivity (Wildman–Crippen MR) is 58.5 cm³/mol. The van der Waals surface area contributed by atoms with Gasteiger partial charge in [0, 0.05) is 0 Å². The largest absolute Gasteiger partial charge is 0.512 e. The monoisotopic (exact) mass is 196 g/mol. The fourth-order valence-corrected chi connectivity index (χ4v) is 2.38. The maximum absolute atomic E-state index is 6.25. The summed E-state index contributed by atoms with van der Waals surface area (Å²) in [5.74, 6) is 0. The molecular formula is C12H24N2. The molecule has 2 nitrogen and oxygen atoms in total. The Bertz CT molecular complexity index is 143. The zero-order chi connectivity index (χ0) is 10.8. The summed E-state index contributed by atoms with van der Waals surface area (Å²) in [6.45, 7) is 12.3. The van der Waals surface area contributed by atoms with E-state index in [1.807, 2.05) is 4.90 Å². The van der Waals surface area contributed by atoms with Gasteiger partial charge >= 0.3 is 0 Å². The summed E-state index contributed by atoms with van der Waals surface area (Å²) in [6.07, 6.45) is 8.60. The summed E-state index contributed by atoms with van der Waals surface area (Å²) in [4.78, 5) is 1.89. The number of hydrogen-bond acceptors (Lipinski definition) is 1. The molecule has 1 aliphatic heterocycles. The van der Waals surface area contributed by atoms with Gasteiger partial charge in [-0.15, -0.1) is 0 Å². The normalized spacial score (nSPS) is 26.3. The van der Waals surface area contributed by atoms with E-state index in [1.54, 1.807) is 0 Å². The molecule has 1 N–H and O–H groups in total. The van der Waals surface area contributed by atoms with Crippen molar-refractivity contribution in [1.29, 1.82) is 5.26 Å². The highest BCUT2D eigenvalue weighted by atomic mass is 15.2. The lowest BCUT2D eigenvalue weighted by molar-refractivity contribution is -0.931. The first-order valence-electron chi connectivity index (χ1n) is 5.95. The van der Waals surface area contributed by atoms with Crippen LogP contribution in [-0.2, 0) is 0 Å². The Morgan fingerprint density at radius 2 is 2.00 bits per heavy atom. The molecule has 1 rings (SSSR count). The third-order valence-corrected chi connectivity index (χ3v) is 3.22. The smallest absolute Gasteiger partial charge is 0.0872 e. The van der Waals surface area contributed by atoms with E-state index in [4.69, 9.17) is 11.8 Å². The van der Waals surface area contributed by atoms with Crippen LogP contribution in [0.2, 0.25) is 0 Å². The lowest BCUT2D eigenvalue weighted by Gasteiger charge is -2.31. The maximum Gasteiger partial charge on any atom is 0.0872 e. The summed E-state index contributed by atoms with van der Waals surface area (Å²) in [5.41, 5.74) is 0. The Balaban J connectivity index is 0.000000791. The number of likely N-dealkylation sites (tertiary alicyclic amines) is 1. The fraction of sp³-hybridized carbons (Fsp3) is 0.917. The molecule has 0 spiro atoms. The highest BCUT2D eigenvalue weighted by Crippen LogP contribution is 2.05. The van der Waals surface area contributed by atoms with Crippen molar-refractivity contribution < 1.29 is 4.90 Å². The van der Waals surface area contributed by atoms with Crippen molar-refractivity contribution in [3.63, 3.8) is 0 Å². The van der Waals surface area contributed by atoms with Gasteiger partial charge in [0.1, 0.15) is 0 Å². The van der Waals surface area contributed by atoms with E-state index in [9.17, 15) is 0 Å². The first-order chi connectivity index (χ1) is 6.88. The number of piperidine rings is 1. The van der Waals surface area contributed by atoms with Crippen LogP contribution < -0.4 is 4.90 Å². The Kier molecular flexibility index (Phi) is 8.67. The lowest BCUT2D eigenvalue weighted by Crippen LogP contribution is -3.16. The van der Waals surface area contributed by atoms with Gasteiger partial charge in [-0.05, 0) is 32.1 Å². The molecule has 1 saturated heterocycles. The second kappa shape index (κ2) is 9.02. The second-order valence-electron chi connectivity index (χ2n) is 4.11. The van der Waals surface area contributed by atoms with Gasteiger partial charge in [-0.1, -0.05) is 20.3 Å². The number of nitrogens with zero attached hydrogens (tertiary/aromatic N) is 1. The van der Waals surface area contributed by atoms with Crippen molar-refractivity contribution >= 4 is 0 Å². The molecule has 2 unspecified atom stereocenters. The minimum Gasteiger partial charge on any atom is -0.512 e. The molecule has 0 aliphatic carbocycles. The molecule has 14 heavy (non-hydrogen) atoms. The Labute approximate surface area is 88.9 Å². The molecule has 1 fully saturated rings. The number of hydrogen-bond donors (Lipinski definition) is 1. The second-order valence-corrected chi connectivity index (χ2v) is 4.11. The average molecular weight is 196 g/mol. The van der Waals surface area contributed by atoms with Crippen LogP contribution in [0, 0.1) is 11.8 Å². The van der Waals surface area contributed by atoms with Crippen LogP contribution in [-0.4, -0.2) is 19.1 Å². The van der Waals surface area contributed by atoms with E-state index < -0.39 is 0 Å². The van der Waals surface area contributed by atoms with E-state index in [1.165, 1.54) is 51.6 Å². The molecule has 0 radical (unpaired) electrons. The number of unbranched alkanes of at least 4 members (excludes halogenated alkanes) is 1. The minimum atomic E-state index is 0.991. The van der Waals surface area contributed by atoms with E-state index in [0.29, 0.717) is 0 Å². The van der Waals surface area contributed by atoms with E-state index >= 15 is 0 Å². The van der Waals surface area contributed by atoms with Gasteiger partial charge in [0.05, 0.1) is 19.1 Å². The van der Waals surface area contributed by atoms with Crippen molar-refractivity contribution in [3.05, 3.63) is 6.57 Å². The zero-order valence-corrected chi connectivity index (χ0v) is 9.68. The highest BCUT2D eigenvalue weighted by Gasteiger charge is 2.23. The SMILES string of the molecule is CCCC[NH+]1CCCCC1CC.[C-]#N. The van der Waals surface area contributed by atoms with Gasteiger partial charge in [-0.25, -0.2) is 0 Å². The molecule has 0 bridgehead atoms. The van der Waals surface area contributed by atoms with Crippen LogP contribution in [0.1, 0.15) is 52.4 Å². The molecule has 82 valence electrons. The van der Waals surface area contributed by atoms with Gasteiger partial charge < -0.3 is 16.7 Å². The van der Waals surface area contributed by atoms with E-state index in [-0.39, 0.29) is 0 Å². The molecule has 2 atom stereocenters. The van der Waals surface area contributed by atoms with Crippen molar-refractivity contribution in [3.8, 4) is 0 Å². The highest BCUT2D eigenvalue weighted by molar-refractivity contribution is 4.59. The van der Waals surface area contributed by atoms with Crippen molar-refractivity contribution in [2.45, 2.75) is 58.4 Å². The van der Waals surface area contributed by atoms with Crippen LogP contribution in [0.15, 0.2) is 0 Å². The molecule has 2 heteroatoms. The van der Waals surface area contributed by atoms with Crippen molar-refractivity contribution in [2.75, 3.05) is 13.1 Å². The molecular weight excluding hydrogens is 172 g/mol. The Morgan fingerprint density at radius 1 is 1.29 bits per heavy atom.